The van der Waals surface area contributed by atoms with Gasteiger partial charge in [0, 0.05) is 13.6 Å². The number of hydrogen-bond donors (Lipinski definition) is 0. The summed E-state index contributed by atoms with van der Waals surface area (Å²) in [6.07, 6.45) is 0. The van der Waals surface area contributed by atoms with E-state index in [0.717, 1.165) is 10.2 Å². The summed E-state index contributed by atoms with van der Waals surface area (Å²) in [6.45, 7) is 0. The molecule has 0 bridgehead atoms. The van der Waals surface area contributed by atoms with Crippen LogP contribution in [0.3, 0.4) is 0 Å². The van der Waals surface area contributed by atoms with Crippen molar-refractivity contribution < 1.29 is 0 Å². The van der Waals surface area contributed by atoms with Gasteiger partial charge in [-0.2, -0.15) is 5.26 Å². The number of benzene rings is 1. The third-order valence-corrected chi connectivity index (χ3v) is 4.66. The molecule has 0 fully saturated rings. The molecular weight excluding hydrogens is 373 g/mol. The van der Waals surface area contributed by atoms with Crippen LogP contribution in [0.2, 0.25) is 0 Å². The lowest BCUT2D eigenvalue weighted by atomic mass is 10.2. The number of nitrogens with zero attached hydrogens (tertiary/aromatic N) is 1. The number of fused-ring (bicyclic) bond motifs is 1. The van der Waals surface area contributed by atoms with Gasteiger partial charge in [0.1, 0.15) is 10.9 Å². The summed E-state index contributed by atoms with van der Waals surface area (Å²) in [4.78, 5) is 0.782. The molecule has 1 aromatic carbocycles. The van der Waals surface area contributed by atoms with Crippen LogP contribution >= 0.6 is 49.9 Å². The van der Waals surface area contributed by atoms with Crippen molar-refractivity contribution in [3.63, 3.8) is 0 Å². The van der Waals surface area contributed by atoms with Gasteiger partial charge >= 0.3 is 0 Å². The molecule has 1 heterocycles. The highest BCUT2D eigenvalue weighted by molar-refractivity contribution is 14.1. The summed E-state index contributed by atoms with van der Waals surface area (Å²) in [5.74, 6) is 0. The van der Waals surface area contributed by atoms with E-state index < -0.39 is 0 Å². The summed E-state index contributed by atoms with van der Waals surface area (Å²) in [7, 11) is 0. The van der Waals surface area contributed by atoms with Crippen LogP contribution < -0.4 is 0 Å². The third kappa shape index (κ3) is 1.69. The summed E-state index contributed by atoms with van der Waals surface area (Å²) in [5.41, 5.74) is 1.29. The van der Waals surface area contributed by atoms with Gasteiger partial charge in [-0.15, -0.1) is 11.3 Å². The van der Waals surface area contributed by atoms with E-state index >= 15 is 0 Å². The summed E-state index contributed by atoms with van der Waals surface area (Å²) < 4.78 is 2.48. The van der Waals surface area contributed by atoms with Crippen LogP contribution in [0.15, 0.2) is 18.2 Å². The van der Waals surface area contributed by atoms with Crippen molar-refractivity contribution in [2.45, 2.75) is 5.33 Å². The van der Waals surface area contributed by atoms with Crippen LogP contribution in [0.5, 0.6) is 0 Å². The maximum absolute atomic E-state index is 8.82. The van der Waals surface area contributed by atoms with Gasteiger partial charge in [-0.1, -0.05) is 22.0 Å². The standard InChI is InChI=1S/C10H5BrINS/c11-4-8-9(12)2-1-6-3-7(5-13)14-10(6)8/h1-3H,4H2. The van der Waals surface area contributed by atoms with Crippen LogP contribution in [0.4, 0.5) is 0 Å². The molecule has 1 aromatic heterocycles. The van der Waals surface area contributed by atoms with E-state index in [1.807, 2.05) is 6.07 Å². The molecule has 0 atom stereocenters. The van der Waals surface area contributed by atoms with E-state index in [1.165, 1.54) is 19.2 Å². The maximum Gasteiger partial charge on any atom is 0.110 e. The minimum atomic E-state index is 0.782. The van der Waals surface area contributed by atoms with Crippen molar-refractivity contribution in [1.29, 1.82) is 5.26 Å². The predicted octanol–water partition coefficient (Wildman–Crippen LogP) is 4.27. The second kappa shape index (κ2) is 4.17. The predicted molar refractivity (Wildman–Crippen MR) is 71.9 cm³/mol. The molecule has 14 heavy (non-hydrogen) atoms. The molecule has 0 aliphatic carbocycles. The van der Waals surface area contributed by atoms with Crippen LogP contribution in [0, 0.1) is 14.9 Å². The number of thiophene rings is 1. The van der Waals surface area contributed by atoms with Crippen LogP contribution in [-0.2, 0) is 5.33 Å². The summed E-state index contributed by atoms with van der Waals surface area (Å²) in [6, 6.07) is 8.30. The average Bonchev–Trinajstić information content (AvgIpc) is 2.60. The van der Waals surface area contributed by atoms with Crippen molar-refractivity contribution in [3.05, 3.63) is 32.2 Å². The number of halogens is 2. The molecule has 0 aliphatic rings. The lowest BCUT2D eigenvalue weighted by Crippen LogP contribution is -1.82. The second-order valence-corrected chi connectivity index (χ2v) is 5.58. The van der Waals surface area contributed by atoms with Crippen LogP contribution in [-0.4, -0.2) is 0 Å². The molecule has 0 unspecified atom stereocenters. The minimum absolute atomic E-state index is 0.782. The SMILES string of the molecule is N#Cc1cc2ccc(I)c(CBr)c2s1. The molecule has 2 aromatic rings. The first-order chi connectivity index (χ1) is 6.76. The number of rotatable bonds is 1. The Morgan fingerprint density at radius 1 is 1.50 bits per heavy atom. The van der Waals surface area contributed by atoms with Gasteiger partial charge in [0.25, 0.3) is 0 Å². The Hall–Kier alpha value is -0.120. The number of alkyl halides is 1. The molecule has 0 radical (unpaired) electrons. The largest absolute Gasteiger partial charge is 0.192 e. The molecular formula is C10H5BrINS. The van der Waals surface area contributed by atoms with Crippen molar-refractivity contribution in [2.24, 2.45) is 0 Å². The van der Waals surface area contributed by atoms with Gasteiger partial charge in [0.2, 0.25) is 0 Å². The number of nitriles is 1. The van der Waals surface area contributed by atoms with E-state index in [1.54, 1.807) is 11.3 Å². The van der Waals surface area contributed by atoms with Gasteiger partial charge in [0.15, 0.2) is 0 Å². The first kappa shape index (κ1) is 10.4. The highest BCUT2D eigenvalue weighted by Gasteiger charge is 2.08. The Kier molecular flexibility index (Phi) is 3.10. The Morgan fingerprint density at radius 3 is 2.93 bits per heavy atom. The van der Waals surface area contributed by atoms with Crippen molar-refractivity contribution in [1.82, 2.24) is 0 Å². The molecule has 0 saturated carbocycles. The van der Waals surface area contributed by atoms with Gasteiger partial charge in [0.05, 0.1) is 0 Å². The molecule has 0 spiro atoms. The van der Waals surface area contributed by atoms with Gasteiger partial charge < -0.3 is 0 Å². The lowest BCUT2D eigenvalue weighted by Gasteiger charge is -2.00. The van der Waals surface area contributed by atoms with Crippen molar-refractivity contribution in [3.8, 4) is 6.07 Å². The normalized spacial score (nSPS) is 10.4. The zero-order chi connectivity index (χ0) is 10.1. The number of hydrogen-bond acceptors (Lipinski definition) is 2. The topological polar surface area (TPSA) is 23.8 Å². The minimum Gasteiger partial charge on any atom is -0.192 e. The zero-order valence-electron chi connectivity index (χ0n) is 7.05. The average molecular weight is 378 g/mol. The molecule has 0 aliphatic heterocycles. The maximum atomic E-state index is 8.82. The molecule has 2 rings (SSSR count). The Labute approximate surface area is 108 Å². The fourth-order valence-corrected chi connectivity index (χ4v) is 4.43. The van der Waals surface area contributed by atoms with E-state index in [9.17, 15) is 0 Å². The molecule has 1 nitrogen and oxygen atoms in total. The van der Waals surface area contributed by atoms with Crippen molar-refractivity contribution >= 4 is 59.9 Å². The van der Waals surface area contributed by atoms with E-state index in [0.29, 0.717) is 0 Å². The summed E-state index contributed by atoms with van der Waals surface area (Å²) >= 11 is 7.37. The van der Waals surface area contributed by atoms with Crippen LogP contribution in [0.25, 0.3) is 10.1 Å². The van der Waals surface area contributed by atoms with Gasteiger partial charge in [-0.25, -0.2) is 0 Å². The quantitative estimate of drug-likeness (QED) is 0.537. The zero-order valence-corrected chi connectivity index (χ0v) is 11.6. The fourth-order valence-electron chi connectivity index (χ4n) is 1.32. The molecule has 4 heteroatoms. The van der Waals surface area contributed by atoms with Gasteiger partial charge in [-0.05, 0) is 45.7 Å². The fraction of sp³-hybridized carbons (Fsp3) is 0.100. The van der Waals surface area contributed by atoms with E-state index in [4.69, 9.17) is 5.26 Å². The highest BCUT2D eigenvalue weighted by Crippen LogP contribution is 2.32. The van der Waals surface area contributed by atoms with E-state index in [-0.39, 0.29) is 0 Å². The molecule has 0 amide bonds. The first-order valence-electron chi connectivity index (χ1n) is 3.93. The molecule has 70 valence electrons. The van der Waals surface area contributed by atoms with E-state index in [2.05, 4.69) is 56.7 Å². The molecule has 0 N–H and O–H groups in total. The second-order valence-electron chi connectivity index (χ2n) is 2.80. The summed E-state index contributed by atoms with van der Waals surface area (Å²) in [5, 5.41) is 10.8. The van der Waals surface area contributed by atoms with Crippen molar-refractivity contribution in [2.75, 3.05) is 0 Å². The highest BCUT2D eigenvalue weighted by atomic mass is 127. The Morgan fingerprint density at radius 2 is 2.29 bits per heavy atom. The smallest absolute Gasteiger partial charge is 0.110 e. The lowest BCUT2D eigenvalue weighted by molar-refractivity contribution is 1.47. The Bertz CT molecular complexity index is 527. The van der Waals surface area contributed by atoms with Gasteiger partial charge in [-0.3, -0.25) is 0 Å². The third-order valence-electron chi connectivity index (χ3n) is 1.98. The first-order valence-corrected chi connectivity index (χ1v) is 6.95. The van der Waals surface area contributed by atoms with Crippen LogP contribution in [0.1, 0.15) is 10.4 Å². The molecule has 0 saturated heterocycles. The monoisotopic (exact) mass is 377 g/mol. The Balaban J connectivity index is 2.81.